The lowest BCUT2D eigenvalue weighted by atomic mass is 10.0. The SMILES string of the molecule is [B]c1cc2c(s1)C(C)(C)N(C(=O)OC(C)(C)C)C2=O. The summed E-state index contributed by atoms with van der Waals surface area (Å²) in [7, 11) is 5.73. The van der Waals surface area contributed by atoms with Gasteiger partial charge in [0.15, 0.2) is 0 Å². The largest absolute Gasteiger partial charge is 0.443 e. The zero-order valence-corrected chi connectivity index (χ0v) is 12.6. The van der Waals surface area contributed by atoms with E-state index >= 15 is 0 Å². The molecule has 4 nitrogen and oxygen atoms in total. The van der Waals surface area contributed by atoms with Crippen molar-refractivity contribution in [2.24, 2.45) is 0 Å². The molecule has 1 aliphatic rings. The Morgan fingerprint density at radius 2 is 2.00 bits per heavy atom. The fourth-order valence-corrected chi connectivity index (χ4v) is 3.13. The van der Waals surface area contributed by atoms with Crippen LogP contribution in [-0.2, 0) is 10.3 Å². The molecule has 0 saturated carbocycles. The molecule has 2 heterocycles. The van der Waals surface area contributed by atoms with Crippen molar-refractivity contribution in [3.05, 3.63) is 16.5 Å². The Hall–Kier alpha value is -1.30. The van der Waals surface area contributed by atoms with Gasteiger partial charge in [0.25, 0.3) is 5.91 Å². The van der Waals surface area contributed by atoms with Crippen LogP contribution in [0.15, 0.2) is 6.07 Å². The van der Waals surface area contributed by atoms with Crippen LogP contribution in [0.25, 0.3) is 0 Å². The second-order valence-electron chi connectivity index (χ2n) is 6.07. The van der Waals surface area contributed by atoms with Gasteiger partial charge in [0.05, 0.1) is 11.1 Å². The molecule has 0 saturated heterocycles. The molecule has 0 atom stereocenters. The topological polar surface area (TPSA) is 46.6 Å². The molecular weight excluding hydrogens is 261 g/mol. The minimum Gasteiger partial charge on any atom is -0.443 e. The summed E-state index contributed by atoms with van der Waals surface area (Å²) in [6.45, 7) is 8.94. The Labute approximate surface area is 118 Å². The van der Waals surface area contributed by atoms with Gasteiger partial charge in [-0.2, -0.15) is 11.3 Å². The van der Waals surface area contributed by atoms with Gasteiger partial charge in [0, 0.05) is 4.88 Å². The van der Waals surface area contributed by atoms with E-state index in [9.17, 15) is 9.59 Å². The number of rotatable bonds is 0. The zero-order valence-electron chi connectivity index (χ0n) is 11.7. The first-order chi connectivity index (χ1) is 8.54. The number of carbonyl (C=O) groups excluding carboxylic acids is 2. The van der Waals surface area contributed by atoms with E-state index in [0.29, 0.717) is 10.3 Å². The van der Waals surface area contributed by atoms with Gasteiger partial charge < -0.3 is 4.74 Å². The quantitative estimate of drug-likeness (QED) is 0.683. The first-order valence-corrected chi connectivity index (χ1v) is 6.83. The average Bonchev–Trinajstić information content (AvgIpc) is 2.63. The van der Waals surface area contributed by atoms with Crippen molar-refractivity contribution in [2.45, 2.75) is 45.8 Å². The van der Waals surface area contributed by atoms with Gasteiger partial charge >= 0.3 is 6.09 Å². The highest BCUT2D eigenvalue weighted by molar-refractivity contribution is 7.20. The normalized spacial score (nSPS) is 17.5. The second-order valence-corrected chi connectivity index (χ2v) is 7.16. The van der Waals surface area contributed by atoms with Crippen LogP contribution in [0, 0.1) is 0 Å². The van der Waals surface area contributed by atoms with E-state index in [4.69, 9.17) is 12.6 Å². The highest BCUT2D eigenvalue weighted by Crippen LogP contribution is 2.41. The standard InChI is InChI=1S/C13H16BNO3S/c1-12(2,3)18-11(17)15-10(16)7-6-8(14)19-9(7)13(15,4)5/h6H,1-5H3. The third-order valence-electron chi connectivity index (χ3n) is 2.88. The molecule has 1 aromatic rings. The third-order valence-corrected chi connectivity index (χ3v) is 4.15. The van der Waals surface area contributed by atoms with Crippen LogP contribution >= 0.6 is 11.3 Å². The van der Waals surface area contributed by atoms with Crippen LogP contribution in [-0.4, -0.2) is 30.3 Å². The van der Waals surface area contributed by atoms with E-state index in [1.807, 2.05) is 13.8 Å². The Bertz CT molecular complexity index is 557. The Morgan fingerprint density at radius 1 is 1.42 bits per heavy atom. The number of ether oxygens (including phenoxy) is 1. The summed E-state index contributed by atoms with van der Waals surface area (Å²) in [5.74, 6) is -0.345. The molecule has 0 unspecified atom stereocenters. The summed E-state index contributed by atoms with van der Waals surface area (Å²) >= 11 is 1.33. The number of imide groups is 1. The number of thiophene rings is 1. The van der Waals surface area contributed by atoms with Crippen LogP contribution < -0.4 is 4.78 Å². The van der Waals surface area contributed by atoms with Crippen LogP contribution in [0.5, 0.6) is 0 Å². The van der Waals surface area contributed by atoms with Gasteiger partial charge in [-0.3, -0.25) is 4.79 Å². The fourth-order valence-electron chi connectivity index (χ4n) is 2.12. The first-order valence-electron chi connectivity index (χ1n) is 6.01. The minimum atomic E-state index is -0.725. The van der Waals surface area contributed by atoms with Crippen molar-refractivity contribution in [3.8, 4) is 0 Å². The van der Waals surface area contributed by atoms with Crippen molar-refractivity contribution in [2.75, 3.05) is 0 Å². The van der Waals surface area contributed by atoms with Crippen molar-refractivity contribution in [1.29, 1.82) is 0 Å². The monoisotopic (exact) mass is 277 g/mol. The fraction of sp³-hybridized carbons (Fsp3) is 0.538. The number of nitrogens with zero attached hydrogens (tertiary/aromatic N) is 1. The summed E-state index contributed by atoms with van der Waals surface area (Å²) in [6.07, 6.45) is -0.621. The molecule has 0 aliphatic carbocycles. The average molecular weight is 277 g/mol. The molecule has 100 valence electrons. The van der Waals surface area contributed by atoms with Crippen molar-refractivity contribution in [3.63, 3.8) is 0 Å². The number of carbonyl (C=O) groups is 2. The number of hydrogen-bond donors (Lipinski definition) is 0. The Kier molecular flexibility index (Phi) is 3.05. The molecule has 2 rings (SSSR count). The second kappa shape index (κ2) is 4.10. The maximum absolute atomic E-state index is 12.3. The van der Waals surface area contributed by atoms with Crippen LogP contribution in [0.3, 0.4) is 0 Å². The molecule has 0 aromatic carbocycles. The lowest BCUT2D eigenvalue weighted by Gasteiger charge is -2.32. The first kappa shape index (κ1) is 14.1. The molecule has 2 amide bonds. The van der Waals surface area contributed by atoms with E-state index < -0.39 is 17.2 Å². The van der Waals surface area contributed by atoms with Crippen LogP contribution in [0.2, 0.25) is 0 Å². The molecule has 0 spiro atoms. The van der Waals surface area contributed by atoms with E-state index in [0.717, 1.165) is 4.88 Å². The van der Waals surface area contributed by atoms with Crippen LogP contribution in [0.1, 0.15) is 49.9 Å². The predicted octanol–water partition coefficient (Wildman–Crippen LogP) is 2.17. The summed E-state index contributed by atoms with van der Waals surface area (Å²) in [6, 6.07) is 1.62. The summed E-state index contributed by atoms with van der Waals surface area (Å²) in [5, 5.41) is 0. The van der Waals surface area contributed by atoms with Crippen molar-refractivity contribution in [1.82, 2.24) is 4.90 Å². The maximum atomic E-state index is 12.3. The predicted molar refractivity (Wildman–Crippen MR) is 75.1 cm³/mol. The number of amides is 2. The molecule has 19 heavy (non-hydrogen) atoms. The molecule has 1 aromatic heterocycles. The maximum Gasteiger partial charge on any atom is 0.418 e. The van der Waals surface area contributed by atoms with E-state index in [-0.39, 0.29) is 5.91 Å². The summed E-state index contributed by atoms with van der Waals surface area (Å²) in [5.41, 5.74) is -0.863. The molecule has 1 aliphatic heterocycles. The molecule has 0 N–H and O–H groups in total. The number of hydrogen-bond acceptors (Lipinski definition) is 4. The van der Waals surface area contributed by atoms with Gasteiger partial charge in [-0.05, 0) is 45.5 Å². The van der Waals surface area contributed by atoms with E-state index in [2.05, 4.69) is 0 Å². The smallest absolute Gasteiger partial charge is 0.418 e. The van der Waals surface area contributed by atoms with Gasteiger partial charge in [0.1, 0.15) is 13.4 Å². The molecule has 0 fully saturated rings. The molecule has 0 bridgehead atoms. The lowest BCUT2D eigenvalue weighted by molar-refractivity contribution is 0.00968. The summed E-state index contributed by atoms with van der Waals surface area (Å²) in [4.78, 5) is 26.5. The van der Waals surface area contributed by atoms with E-state index in [1.165, 1.54) is 16.2 Å². The van der Waals surface area contributed by atoms with Gasteiger partial charge in [-0.15, -0.1) is 0 Å². The van der Waals surface area contributed by atoms with Crippen molar-refractivity contribution < 1.29 is 14.3 Å². The molecular formula is C13H16BNO3S. The van der Waals surface area contributed by atoms with Crippen molar-refractivity contribution >= 4 is 36.0 Å². The molecule has 6 heteroatoms. The summed E-state index contributed by atoms with van der Waals surface area (Å²) < 4.78 is 5.88. The van der Waals surface area contributed by atoms with Gasteiger partial charge in [0.2, 0.25) is 0 Å². The Morgan fingerprint density at radius 3 is 2.47 bits per heavy atom. The molecule has 2 radical (unpaired) electrons. The highest BCUT2D eigenvalue weighted by Gasteiger charge is 2.49. The highest BCUT2D eigenvalue weighted by atomic mass is 32.1. The van der Waals surface area contributed by atoms with E-state index in [1.54, 1.807) is 26.8 Å². The minimum absolute atomic E-state index is 0.345. The lowest BCUT2D eigenvalue weighted by Crippen LogP contribution is -2.46. The van der Waals surface area contributed by atoms with Crippen LogP contribution in [0.4, 0.5) is 4.79 Å². The third kappa shape index (κ3) is 2.29. The van der Waals surface area contributed by atoms with Gasteiger partial charge in [-0.25, -0.2) is 9.69 Å². The zero-order chi connectivity index (χ0) is 14.6. The Balaban J connectivity index is 2.38. The van der Waals surface area contributed by atoms with Gasteiger partial charge in [-0.1, -0.05) is 0 Å². The number of fused-ring (bicyclic) bond motifs is 1.